The van der Waals surface area contributed by atoms with Gasteiger partial charge in [-0.3, -0.25) is 24.5 Å². The summed E-state index contributed by atoms with van der Waals surface area (Å²) in [7, 11) is 0. The highest BCUT2D eigenvalue weighted by Crippen LogP contribution is 2.24. The van der Waals surface area contributed by atoms with Gasteiger partial charge in [-0.05, 0) is 6.07 Å². The predicted molar refractivity (Wildman–Crippen MR) is 69.0 cm³/mol. The summed E-state index contributed by atoms with van der Waals surface area (Å²) in [5.74, 6) is 0. The summed E-state index contributed by atoms with van der Waals surface area (Å²) in [6.07, 6.45) is 0.978. The van der Waals surface area contributed by atoms with E-state index >= 15 is 0 Å². The fourth-order valence-corrected chi connectivity index (χ4v) is 1.74. The Kier molecular flexibility index (Phi) is 3.37. The number of aromatic nitrogens is 2. The molecule has 1 aromatic heterocycles. The van der Waals surface area contributed by atoms with Crippen LogP contribution in [0, 0.1) is 21.4 Å². The zero-order chi connectivity index (χ0) is 14.9. The topological polar surface area (TPSA) is 122 Å². The number of nitriles is 1. The first-order chi connectivity index (χ1) is 9.43. The monoisotopic (exact) mass is 292 g/mol. The number of benzene rings is 1. The molecule has 0 bridgehead atoms. The van der Waals surface area contributed by atoms with E-state index in [4.69, 9.17) is 16.9 Å². The van der Waals surface area contributed by atoms with E-state index in [0.29, 0.717) is 0 Å². The molecule has 8 nitrogen and oxygen atoms in total. The van der Waals surface area contributed by atoms with Crippen LogP contribution in [0.15, 0.2) is 34.0 Å². The zero-order valence-electron chi connectivity index (χ0n) is 9.66. The zero-order valence-corrected chi connectivity index (χ0v) is 10.4. The van der Waals surface area contributed by atoms with E-state index in [2.05, 4.69) is 0 Å². The molecule has 100 valence electrons. The molecule has 0 atom stereocenters. The summed E-state index contributed by atoms with van der Waals surface area (Å²) < 4.78 is 0.870. The minimum absolute atomic E-state index is 0.00128. The Morgan fingerprint density at radius 3 is 2.70 bits per heavy atom. The minimum atomic E-state index is -0.851. The number of nitro groups is 1. The van der Waals surface area contributed by atoms with E-state index in [1.54, 1.807) is 6.07 Å². The molecular formula is C11H5ClN4O4. The third-order valence-electron chi connectivity index (χ3n) is 2.46. The van der Waals surface area contributed by atoms with Gasteiger partial charge in [0.1, 0.15) is 11.6 Å². The molecule has 0 amide bonds. The van der Waals surface area contributed by atoms with Crippen LogP contribution >= 0.6 is 11.6 Å². The standard InChI is InChI=1S/C11H5ClN4O4/c12-8-2-1-7(16(19)20)3-9(8)15-5-6(4-13)10(17)14-11(15)18/h1-3,5H,(H,14,17,18). The van der Waals surface area contributed by atoms with E-state index in [0.717, 1.165) is 16.8 Å². The molecule has 0 radical (unpaired) electrons. The lowest BCUT2D eigenvalue weighted by molar-refractivity contribution is -0.384. The van der Waals surface area contributed by atoms with Crippen molar-refractivity contribution >= 4 is 17.3 Å². The summed E-state index contributed by atoms with van der Waals surface area (Å²) in [5, 5.41) is 19.6. The van der Waals surface area contributed by atoms with Crippen LogP contribution in [0.4, 0.5) is 5.69 Å². The van der Waals surface area contributed by atoms with Crippen molar-refractivity contribution in [2.24, 2.45) is 0 Å². The second-order valence-electron chi connectivity index (χ2n) is 3.68. The number of hydrogen-bond acceptors (Lipinski definition) is 5. The van der Waals surface area contributed by atoms with E-state index in [9.17, 15) is 19.7 Å². The first-order valence-electron chi connectivity index (χ1n) is 5.14. The van der Waals surface area contributed by atoms with Gasteiger partial charge in [0.2, 0.25) is 0 Å². The Balaban J connectivity index is 2.78. The Hall–Kier alpha value is -2.92. The maximum absolute atomic E-state index is 11.7. The van der Waals surface area contributed by atoms with Crippen molar-refractivity contribution in [1.82, 2.24) is 9.55 Å². The van der Waals surface area contributed by atoms with Gasteiger partial charge in [0.05, 0.1) is 15.6 Å². The fourth-order valence-electron chi connectivity index (χ4n) is 1.53. The van der Waals surface area contributed by atoms with Crippen molar-refractivity contribution in [3.05, 3.63) is 65.9 Å². The molecule has 1 aromatic carbocycles. The molecule has 1 N–H and O–H groups in total. The van der Waals surface area contributed by atoms with Crippen LogP contribution in [0.25, 0.3) is 5.69 Å². The molecular weight excluding hydrogens is 288 g/mol. The van der Waals surface area contributed by atoms with Crippen molar-refractivity contribution in [2.75, 3.05) is 0 Å². The fraction of sp³-hybridized carbons (Fsp3) is 0. The maximum atomic E-state index is 11.7. The largest absolute Gasteiger partial charge is 0.333 e. The van der Waals surface area contributed by atoms with E-state index in [-0.39, 0.29) is 22.0 Å². The van der Waals surface area contributed by atoms with Gasteiger partial charge in [-0.25, -0.2) is 4.79 Å². The van der Waals surface area contributed by atoms with Crippen molar-refractivity contribution in [2.45, 2.75) is 0 Å². The molecule has 0 aliphatic rings. The highest BCUT2D eigenvalue weighted by molar-refractivity contribution is 6.32. The minimum Gasteiger partial charge on any atom is -0.273 e. The van der Waals surface area contributed by atoms with Crippen molar-refractivity contribution in [3.63, 3.8) is 0 Å². The number of hydrogen-bond donors (Lipinski definition) is 1. The van der Waals surface area contributed by atoms with Crippen molar-refractivity contribution in [3.8, 4) is 11.8 Å². The smallest absolute Gasteiger partial charge is 0.273 e. The summed E-state index contributed by atoms with van der Waals surface area (Å²) >= 11 is 5.89. The molecule has 0 aliphatic heterocycles. The van der Waals surface area contributed by atoms with Gasteiger partial charge in [-0.2, -0.15) is 5.26 Å². The number of nitro benzene ring substituents is 1. The quantitative estimate of drug-likeness (QED) is 0.652. The number of H-pyrrole nitrogens is 1. The number of halogens is 1. The van der Waals surface area contributed by atoms with Crippen LogP contribution in [0.3, 0.4) is 0 Å². The van der Waals surface area contributed by atoms with E-state index in [1.165, 1.54) is 12.1 Å². The first kappa shape index (κ1) is 13.5. The molecule has 0 aliphatic carbocycles. The first-order valence-corrected chi connectivity index (χ1v) is 5.52. The van der Waals surface area contributed by atoms with Crippen LogP contribution in [0.1, 0.15) is 5.56 Å². The van der Waals surface area contributed by atoms with Gasteiger partial charge in [-0.15, -0.1) is 0 Å². The highest BCUT2D eigenvalue weighted by Gasteiger charge is 2.14. The summed E-state index contributed by atoms with van der Waals surface area (Å²) in [5.41, 5.74) is -2.28. The van der Waals surface area contributed by atoms with E-state index < -0.39 is 16.2 Å². The van der Waals surface area contributed by atoms with Gasteiger partial charge in [0, 0.05) is 18.3 Å². The van der Waals surface area contributed by atoms with Crippen molar-refractivity contribution in [1.29, 1.82) is 5.26 Å². The molecule has 20 heavy (non-hydrogen) atoms. The normalized spacial score (nSPS) is 10.0. The number of nitrogens with one attached hydrogen (secondary N) is 1. The second kappa shape index (κ2) is 4.99. The third kappa shape index (κ3) is 2.30. The average Bonchev–Trinajstić information content (AvgIpc) is 2.40. The van der Waals surface area contributed by atoms with E-state index in [1.807, 2.05) is 4.98 Å². The summed E-state index contributed by atoms with van der Waals surface area (Å²) in [4.78, 5) is 35.0. The molecule has 2 rings (SSSR count). The summed E-state index contributed by atoms with van der Waals surface area (Å²) in [6, 6.07) is 5.10. The number of rotatable bonds is 2. The maximum Gasteiger partial charge on any atom is 0.333 e. The average molecular weight is 293 g/mol. The number of aromatic amines is 1. The van der Waals surface area contributed by atoms with Crippen LogP contribution in [0.5, 0.6) is 0 Å². The molecule has 1 heterocycles. The molecule has 0 fully saturated rings. The molecule has 0 saturated carbocycles. The third-order valence-corrected chi connectivity index (χ3v) is 2.78. The molecule has 0 saturated heterocycles. The number of non-ortho nitro benzene ring substituents is 1. The Morgan fingerprint density at radius 2 is 2.10 bits per heavy atom. The van der Waals surface area contributed by atoms with Crippen LogP contribution < -0.4 is 11.2 Å². The van der Waals surface area contributed by atoms with Gasteiger partial charge < -0.3 is 0 Å². The van der Waals surface area contributed by atoms with Gasteiger partial charge in [0.25, 0.3) is 11.2 Å². The lowest BCUT2D eigenvalue weighted by atomic mass is 10.2. The van der Waals surface area contributed by atoms with Crippen LogP contribution in [-0.4, -0.2) is 14.5 Å². The molecule has 0 spiro atoms. The number of nitrogens with zero attached hydrogens (tertiary/aromatic N) is 3. The predicted octanol–water partition coefficient (Wildman–Crippen LogP) is 0.959. The van der Waals surface area contributed by atoms with Crippen LogP contribution in [0.2, 0.25) is 5.02 Å². The molecule has 2 aromatic rings. The second-order valence-corrected chi connectivity index (χ2v) is 4.08. The lowest BCUT2D eigenvalue weighted by Crippen LogP contribution is -2.30. The SMILES string of the molecule is N#Cc1cn(-c2cc([N+](=O)[O-])ccc2Cl)c(=O)[nH]c1=O. The Bertz CT molecular complexity index is 862. The summed E-state index contributed by atoms with van der Waals surface area (Å²) in [6.45, 7) is 0. The molecule has 9 heteroatoms. The highest BCUT2D eigenvalue weighted by atomic mass is 35.5. The Labute approximate surface area is 115 Å². The molecule has 0 unspecified atom stereocenters. The van der Waals surface area contributed by atoms with Gasteiger partial charge in [0.15, 0.2) is 0 Å². The van der Waals surface area contributed by atoms with Gasteiger partial charge in [-0.1, -0.05) is 11.6 Å². The Morgan fingerprint density at radius 1 is 1.40 bits per heavy atom. The van der Waals surface area contributed by atoms with Crippen molar-refractivity contribution < 1.29 is 4.92 Å². The lowest BCUT2D eigenvalue weighted by Gasteiger charge is -2.07. The van der Waals surface area contributed by atoms with Crippen LogP contribution in [-0.2, 0) is 0 Å². The van der Waals surface area contributed by atoms with Gasteiger partial charge >= 0.3 is 5.69 Å².